The van der Waals surface area contributed by atoms with Crippen LogP contribution in [0.3, 0.4) is 0 Å². The van der Waals surface area contributed by atoms with Crippen molar-refractivity contribution in [1.82, 2.24) is 14.7 Å². The average molecular weight is 470 g/mol. The highest BCUT2D eigenvalue weighted by Gasteiger charge is 2.37. The van der Waals surface area contributed by atoms with Gasteiger partial charge in [0.1, 0.15) is 0 Å². The molecule has 1 aromatic heterocycles. The van der Waals surface area contributed by atoms with E-state index in [1.165, 1.54) is 16.9 Å². The summed E-state index contributed by atoms with van der Waals surface area (Å²) in [6, 6.07) is 18.7. The quantitative estimate of drug-likeness (QED) is 0.275. The summed E-state index contributed by atoms with van der Waals surface area (Å²) in [5.74, 6) is 1.42. The van der Waals surface area contributed by atoms with Crippen molar-refractivity contribution >= 4 is 41.2 Å². The van der Waals surface area contributed by atoms with Gasteiger partial charge < -0.3 is 4.90 Å². The SMILES string of the molecule is CC(C)C(C)N(C(=O)c1ccc(-n2nc(SCc3ccccc3)sc2=S)cc1)C1CC1. The molecule has 1 amide bonds. The summed E-state index contributed by atoms with van der Waals surface area (Å²) in [5, 5.41) is 4.69. The van der Waals surface area contributed by atoms with Crippen LogP contribution >= 0.6 is 35.3 Å². The first-order chi connectivity index (χ1) is 14.9. The number of carbonyl (C=O) groups is 1. The largest absolute Gasteiger partial charge is 0.333 e. The Balaban J connectivity index is 1.48. The highest BCUT2D eigenvalue weighted by Crippen LogP contribution is 2.32. The van der Waals surface area contributed by atoms with Gasteiger partial charge in [-0.2, -0.15) is 0 Å². The van der Waals surface area contributed by atoms with Crippen molar-refractivity contribution < 1.29 is 4.79 Å². The van der Waals surface area contributed by atoms with Crippen LogP contribution in [-0.2, 0) is 5.75 Å². The van der Waals surface area contributed by atoms with Crippen LogP contribution in [0.25, 0.3) is 5.69 Å². The maximum Gasteiger partial charge on any atom is 0.254 e. The number of amides is 1. The monoisotopic (exact) mass is 469 g/mol. The highest BCUT2D eigenvalue weighted by atomic mass is 32.2. The summed E-state index contributed by atoms with van der Waals surface area (Å²) >= 11 is 8.76. The lowest BCUT2D eigenvalue weighted by Gasteiger charge is -2.32. The molecule has 31 heavy (non-hydrogen) atoms. The van der Waals surface area contributed by atoms with Gasteiger partial charge in [0, 0.05) is 23.4 Å². The molecule has 1 heterocycles. The van der Waals surface area contributed by atoms with Crippen LogP contribution in [0.4, 0.5) is 0 Å². The second kappa shape index (κ2) is 9.67. The maximum atomic E-state index is 13.2. The summed E-state index contributed by atoms with van der Waals surface area (Å²) < 4.78 is 3.44. The molecule has 2 aromatic carbocycles. The second-order valence-electron chi connectivity index (χ2n) is 8.30. The maximum absolute atomic E-state index is 13.2. The zero-order chi connectivity index (χ0) is 22.0. The first-order valence-corrected chi connectivity index (χ1v) is 12.8. The van der Waals surface area contributed by atoms with Crippen molar-refractivity contribution in [3.63, 3.8) is 0 Å². The number of aromatic nitrogens is 2. The highest BCUT2D eigenvalue weighted by molar-refractivity contribution is 8.00. The molecule has 7 heteroatoms. The third kappa shape index (κ3) is 5.27. The number of nitrogens with zero attached hydrogens (tertiary/aromatic N) is 3. The lowest BCUT2D eigenvalue weighted by Crippen LogP contribution is -2.43. The Hall–Kier alpha value is -1.96. The standard InChI is InChI=1S/C24H27N3OS3/c1-16(2)17(3)26(20-13-14-20)22(28)19-9-11-21(12-10-19)27-24(29)31-23(25-27)30-15-18-7-5-4-6-8-18/h4-12,16-17,20H,13-15H2,1-3H3. The number of benzene rings is 2. The molecule has 0 bridgehead atoms. The van der Waals surface area contributed by atoms with E-state index in [2.05, 4.69) is 37.8 Å². The molecule has 1 fully saturated rings. The van der Waals surface area contributed by atoms with Crippen LogP contribution in [0.2, 0.25) is 0 Å². The van der Waals surface area contributed by atoms with E-state index in [9.17, 15) is 4.79 Å². The third-order valence-electron chi connectivity index (χ3n) is 5.67. The summed E-state index contributed by atoms with van der Waals surface area (Å²) in [6.07, 6.45) is 2.22. The molecule has 3 aromatic rings. The summed E-state index contributed by atoms with van der Waals surface area (Å²) in [7, 11) is 0. The molecular weight excluding hydrogens is 442 g/mol. The molecule has 162 valence electrons. The molecule has 0 aliphatic heterocycles. The van der Waals surface area contributed by atoms with Crippen molar-refractivity contribution in [3.8, 4) is 5.69 Å². The van der Waals surface area contributed by atoms with Crippen LogP contribution in [-0.4, -0.2) is 32.7 Å². The van der Waals surface area contributed by atoms with Crippen molar-refractivity contribution in [3.05, 3.63) is 69.7 Å². The Morgan fingerprint density at radius 1 is 1.16 bits per heavy atom. The van der Waals surface area contributed by atoms with Gasteiger partial charge in [-0.25, -0.2) is 4.68 Å². The van der Waals surface area contributed by atoms with Crippen molar-refractivity contribution in [2.75, 3.05) is 0 Å². The van der Waals surface area contributed by atoms with E-state index in [0.29, 0.717) is 15.9 Å². The van der Waals surface area contributed by atoms with Crippen molar-refractivity contribution in [2.45, 2.75) is 55.8 Å². The van der Waals surface area contributed by atoms with E-state index in [1.54, 1.807) is 16.4 Å². The van der Waals surface area contributed by atoms with Gasteiger partial charge in [-0.05, 0) is 67.7 Å². The van der Waals surface area contributed by atoms with Gasteiger partial charge >= 0.3 is 0 Å². The van der Waals surface area contributed by atoms with Gasteiger partial charge in [0.15, 0.2) is 8.29 Å². The number of carbonyl (C=O) groups excluding carboxylic acids is 1. The van der Waals surface area contributed by atoms with E-state index in [0.717, 1.165) is 34.2 Å². The van der Waals surface area contributed by atoms with Crippen LogP contribution in [0, 0.1) is 9.87 Å². The summed E-state index contributed by atoms with van der Waals surface area (Å²) in [4.78, 5) is 15.3. The zero-order valence-electron chi connectivity index (χ0n) is 18.0. The smallest absolute Gasteiger partial charge is 0.254 e. The zero-order valence-corrected chi connectivity index (χ0v) is 20.5. The molecule has 1 atom stereocenters. The van der Waals surface area contributed by atoms with Crippen LogP contribution in [0.1, 0.15) is 49.5 Å². The van der Waals surface area contributed by atoms with Crippen molar-refractivity contribution in [1.29, 1.82) is 0 Å². The van der Waals surface area contributed by atoms with Gasteiger partial charge in [-0.15, -0.1) is 5.10 Å². The second-order valence-corrected chi connectivity index (χ2v) is 11.1. The Bertz CT molecular complexity index is 1090. The Labute approximate surface area is 197 Å². The summed E-state index contributed by atoms with van der Waals surface area (Å²) in [5.41, 5.74) is 2.88. The fraction of sp³-hybridized carbons (Fsp3) is 0.375. The van der Waals surface area contributed by atoms with Crippen LogP contribution < -0.4 is 0 Å². The number of thioether (sulfide) groups is 1. The molecule has 1 saturated carbocycles. The summed E-state index contributed by atoms with van der Waals surface area (Å²) in [6.45, 7) is 6.50. The van der Waals surface area contributed by atoms with Crippen LogP contribution in [0.5, 0.6) is 0 Å². The number of hydrogen-bond donors (Lipinski definition) is 0. The van der Waals surface area contributed by atoms with E-state index in [1.807, 2.05) is 42.5 Å². The topological polar surface area (TPSA) is 38.1 Å². The first kappa shape index (κ1) is 22.2. The first-order valence-electron chi connectivity index (χ1n) is 10.6. The minimum absolute atomic E-state index is 0.122. The predicted molar refractivity (Wildman–Crippen MR) is 132 cm³/mol. The Morgan fingerprint density at radius 3 is 2.45 bits per heavy atom. The molecule has 0 spiro atoms. The van der Waals surface area contributed by atoms with E-state index in [4.69, 9.17) is 17.3 Å². The minimum Gasteiger partial charge on any atom is -0.333 e. The molecule has 4 nitrogen and oxygen atoms in total. The Kier molecular flexibility index (Phi) is 6.94. The normalized spacial score (nSPS) is 14.6. The molecule has 1 unspecified atom stereocenters. The lowest BCUT2D eigenvalue weighted by atomic mass is 10.0. The van der Waals surface area contributed by atoms with E-state index >= 15 is 0 Å². The van der Waals surface area contributed by atoms with Gasteiger partial charge in [-0.1, -0.05) is 67.3 Å². The van der Waals surface area contributed by atoms with Crippen LogP contribution in [0.15, 0.2) is 58.9 Å². The molecule has 0 saturated heterocycles. The van der Waals surface area contributed by atoms with E-state index in [-0.39, 0.29) is 11.9 Å². The van der Waals surface area contributed by atoms with Gasteiger partial charge in [0.25, 0.3) is 5.91 Å². The molecule has 4 rings (SSSR count). The van der Waals surface area contributed by atoms with Gasteiger partial charge in [0.2, 0.25) is 0 Å². The molecule has 0 radical (unpaired) electrons. The molecule has 1 aliphatic carbocycles. The molecule has 0 N–H and O–H groups in total. The minimum atomic E-state index is 0.122. The van der Waals surface area contributed by atoms with Gasteiger partial charge in [0.05, 0.1) is 5.69 Å². The lowest BCUT2D eigenvalue weighted by molar-refractivity contribution is 0.0628. The Morgan fingerprint density at radius 2 is 1.84 bits per heavy atom. The molecule has 1 aliphatic rings. The third-order valence-corrected chi connectivity index (χ3v) is 8.11. The fourth-order valence-corrected chi connectivity index (χ4v) is 5.77. The van der Waals surface area contributed by atoms with E-state index < -0.39 is 0 Å². The average Bonchev–Trinajstić information content (AvgIpc) is 3.54. The number of rotatable bonds is 8. The predicted octanol–water partition coefficient (Wildman–Crippen LogP) is 6.60. The fourth-order valence-electron chi connectivity index (χ4n) is 3.45. The van der Waals surface area contributed by atoms with Gasteiger partial charge in [-0.3, -0.25) is 4.79 Å². The van der Waals surface area contributed by atoms with Crippen molar-refractivity contribution in [2.24, 2.45) is 5.92 Å². The molecular formula is C24H27N3OS3. The number of hydrogen-bond acceptors (Lipinski definition) is 5.